The second kappa shape index (κ2) is 4.45. The number of halogens is 3. The zero-order chi connectivity index (χ0) is 12.5. The molecule has 0 bridgehead atoms. The number of allylic oxidation sites excluding steroid dienone is 4. The first-order valence-electron chi connectivity index (χ1n) is 5.05. The van der Waals surface area contributed by atoms with Crippen molar-refractivity contribution in [1.29, 1.82) is 0 Å². The van der Waals surface area contributed by atoms with E-state index >= 15 is 0 Å². The molecule has 0 nitrogen and oxygen atoms in total. The molecule has 0 unspecified atom stereocenters. The van der Waals surface area contributed by atoms with Crippen LogP contribution in [0.3, 0.4) is 0 Å². The average molecular weight is 254 g/mol. The van der Waals surface area contributed by atoms with Crippen molar-refractivity contribution in [3.63, 3.8) is 0 Å². The van der Waals surface area contributed by atoms with E-state index in [9.17, 15) is 13.2 Å². The normalized spacial score (nSPS) is 16.5. The molecule has 17 heavy (non-hydrogen) atoms. The third kappa shape index (κ3) is 2.64. The minimum atomic E-state index is -4.29. The minimum Gasteiger partial charge on any atom is -0.166 e. The zero-order valence-electron chi connectivity index (χ0n) is 8.79. The van der Waals surface area contributed by atoms with E-state index in [2.05, 4.69) is 0 Å². The largest absolute Gasteiger partial charge is 0.413 e. The van der Waals surface area contributed by atoms with E-state index in [-0.39, 0.29) is 6.42 Å². The Hall–Kier alpha value is -1.42. The van der Waals surface area contributed by atoms with Gasteiger partial charge in [-0.1, -0.05) is 54.7 Å². The molecule has 1 aliphatic rings. The van der Waals surface area contributed by atoms with Gasteiger partial charge in [0.2, 0.25) is 0 Å². The summed E-state index contributed by atoms with van der Waals surface area (Å²) < 4.78 is 37.5. The van der Waals surface area contributed by atoms with Gasteiger partial charge >= 0.3 is 6.18 Å². The molecule has 1 aromatic carbocycles. The molecule has 0 atom stereocenters. The molecule has 0 amide bonds. The lowest BCUT2D eigenvalue weighted by molar-refractivity contribution is -0.0924. The highest BCUT2D eigenvalue weighted by Crippen LogP contribution is 2.34. The lowest BCUT2D eigenvalue weighted by Gasteiger charge is -2.18. The molecular formula is C13H9F3S. The first-order valence-corrected chi connectivity index (χ1v) is 5.46. The first kappa shape index (κ1) is 12.0. The Morgan fingerprint density at radius 1 is 1.00 bits per heavy atom. The number of alkyl halides is 3. The van der Waals surface area contributed by atoms with Crippen molar-refractivity contribution in [1.82, 2.24) is 0 Å². The van der Waals surface area contributed by atoms with Crippen LogP contribution in [0.2, 0.25) is 0 Å². The van der Waals surface area contributed by atoms with Crippen LogP contribution in [-0.2, 0) is 0 Å². The second-order valence-corrected chi connectivity index (χ2v) is 4.23. The van der Waals surface area contributed by atoms with Gasteiger partial charge in [0.25, 0.3) is 0 Å². The molecule has 0 N–H and O–H groups in total. The molecular weight excluding hydrogens is 245 g/mol. The average Bonchev–Trinajstić information content (AvgIpc) is 2.29. The lowest BCUT2D eigenvalue weighted by Crippen LogP contribution is -2.17. The summed E-state index contributed by atoms with van der Waals surface area (Å²) in [6.07, 6.45) is -1.94. The molecule has 0 aliphatic heterocycles. The van der Waals surface area contributed by atoms with Gasteiger partial charge in [0.1, 0.15) is 0 Å². The highest BCUT2D eigenvalue weighted by molar-refractivity contribution is 7.81. The fourth-order valence-corrected chi connectivity index (χ4v) is 2.02. The van der Waals surface area contributed by atoms with Crippen LogP contribution in [0.25, 0.3) is 5.57 Å². The van der Waals surface area contributed by atoms with Crippen LogP contribution in [0, 0.1) is 0 Å². The quantitative estimate of drug-likeness (QED) is 0.672. The van der Waals surface area contributed by atoms with E-state index in [0.717, 1.165) is 11.6 Å². The number of benzene rings is 1. The Balaban J connectivity index is 2.36. The summed E-state index contributed by atoms with van der Waals surface area (Å²) >= 11 is 5.05. The van der Waals surface area contributed by atoms with Crippen LogP contribution >= 0.6 is 12.2 Å². The van der Waals surface area contributed by atoms with Gasteiger partial charge < -0.3 is 0 Å². The van der Waals surface area contributed by atoms with E-state index in [1.54, 1.807) is 0 Å². The molecule has 88 valence electrons. The number of hydrogen-bond acceptors (Lipinski definition) is 1. The summed E-state index contributed by atoms with van der Waals surface area (Å²) in [6, 6.07) is 9.20. The number of thiocarbonyl (C=S) groups is 1. The molecule has 0 aromatic heterocycles. The Morgan fingerprint density at radius 2 is 1.65 bits per heavy atom. The topological polar surface area (TPSA) is 0 Å². The van der Waals surface area contributed by atoms with Gasteiger partial charge in [0.15, 0.2) is 0 Å². The van der Waals surface area contributed by atoms with Gasteiger partial charge in [-0.25, -0.2) is 0 Å². The van der Waals surface area contributed by atoms with E-state index < -0.39 is 11.7 Å². The maximum absolute atomic E-state index is 12.5. The molecule has 0 heterocycles. The van der Waals surface area contributed by atoms with Crippen LogP contribution < -0.4 is 0 Å². The summed E-state index contributed by atoms with van der Waals surface area (Å²) in [6.45, 7) is 0. The summed E-state index contributed by atoms with van der Waals surface area (Å²) in [4.78, 5) is 0.339. The van der Waals surface area contributed by atoms with E-state index in [0.29, 0.717) is 10.4 Å². The van der Waals surface area contributed by atoms with Gasteiger partial charge in [-0.3, -0.25) is 0 Å². The molecule has 0 radical (unpaired) electrons. The summed E-state index contributed by atoms with van der Waals surface area (Å²) in [7, 11) is 0. The van der Waals surface area contributed by atoms with Gasteiger partial charge in [-0.2, -0.15) is 13.2 Å². The Labute approximate surface area is 102 Å². The monoisotopic (exact) mass is 254 g/mol. The van der Waals surface area contributed by atoms with Crippen LogP contribution in [0.15, 0.2) is 48.1 Å². The molecule has 1 aromatic rings. The lowest BCUT2D eigenvalue weighted by atomic mass is 9.93. The molecule has 2 rings (SSSR count). The number of hydrogen-bond donors (Lipinski definition) is 0. The van der Waals surface area contributed by atoms with E-state index in [4.69, 9.17) is 12.2 Å². The van der Waals surface area contributed by atoms with Gasteiger partial charge in [-0.05, 0) is 11.1 Å². The van der Waals surface area contributed by atoms with Crippen molar-refractivity contribution in [2.75, 3.05) is 0 Å². The Kier molecular flexibility index (Phi) is 3.15. The molecule has 0 saturated carbocycles. The highest BCUT2D eigenvalue weighted by atomic mass is 32.1. The fraction of sp³-hybridized carbons (Fsp3) is 0.154. The van der Waals surface area contributed by atoms with Gasteiger partial charge in [-0.15, -0.1) is 0 Å². The second-order valence-electron chi connectivity index (χ2n) is 3.74. The van der Waals surface area contributed by atoms with Crippen molar-refractivity contribution in [2.45, 2.75) is 12.6 Å². The fourth-order valence-electron chi connectivity index (χ4n) is 1.67. The van der Waals surface area contributed by atoms with Gasteiger partial charge in [0.05, 0.1) is 0 Å². The smallest absolute Gasteiger partial charge is 0.166 e. The third-order valence-corrected chi connectivity index (χ3v) is 2.92. The first-order chi connectivity index (χ1) is 7.98. The predicted molar refractivity (Wildman–Crippen MR) is 65.8 cm³/mol. The molecule has 4 heteroatoms. The summed E-state index contributed by atoms with van der Waals surface area (Å²) in [5.74, 6) is 0. The van der Waals surface area contributed by atoms with Crippen molar-refractivity contribution < 1.29 is 13.2 Å². The van der Waals surface area contributed by atoms with Crippen LogP contribution in [0.5, 0.6) is 0 Å². The Bertz CT molecular complexity index is 495. The van der Waals surface area contributed by atoms with Crippen LogP contribution in [-0.4, -0.2) is 11.0 Å². The molecule has 0 saturated heterocycles. The summed E-state index contributed by atoms with van der Waals surface area (Å²) in [5.41, 5.74) is 0.978. The van der Waals surface area contributed by atoms with E-state index in [1.165, 1.54) is 6.08 Å². The maximum Gasteiger partial charge on any atom is 0.413 e. The molecule has 0 fully saturated rings. The summed E-state index contributed by atoms with van der Waals surface area (Å²) in [5, 5.41) is 0. The zero-order valence-corrected chi connectivity index (χ0v) is 9.61. The van der Waals surface area contributed by atoms with Gasteiger partial charge in [0, 0.05) is 16.9 Å². The standard InChI is InChI=1S/C13H9F3S/c14-13(15,16)10-6-7-11(12(17)8-10)9-4-2-1-3-5-9/h1-7H,8H2. The van der Waals surface area contributed by atoms with Crippen molar-refractivity contribution in [2.24, 2.45) is 0 Å². The minimum absolute atomic E-state index is 0.209. The molecule has 0 spiro atoms. The van der Waals surface area contributed by atoms with E-state index in [1.807, 2.05) is 30.3 Å². The van der Waals surface area contributed by atoms with Crippen LogP contribution in [0.4, 0.5) is 13.2 Å². The number of rotatable bonds is 1. The molecule has 1 aliphatic carbocycles. The maximum atomic E-state index is 12.5. The Morgan fingerprint density at radius 3 is 2.18 bits per heavy atom. The highest BCUT2D eigenvalue weighted by Gasteiger charge is 2.35. The van der Waals surface area contributed by atoms with Crippen molar-refractivity contribution >= 4 is 22.7 Å². The predicted octanol–water partition coefficient (Wildman–Crippen LogP) is 4.33. The van der Waals surface area contributed by atoms with Crippen LogP contribution in [0.1, 0.15) is 12.0 Å². The van der Waals surface area contributed by atoms with Crippen molar-refractivity contribution in [3.8, 4) is 0 Å². The SMILES string of the molecule is FC(F)(F)C1=CC=C(c2ccccc2)C(=S)C1. The third-order valence-electron chi connectivity index (χ3n) is 2.55. The van der Waals surface area contributed by atoms with Crippen molar-refractivity contribution in [3.05, 3.63) is 53.6 Å².